The van der Waals surface area contributed by atoms with E-state index in [1.807, 2.05) is 36.9 Å². The van der Waals surface area contributed by atoms with Gasteiger partial charge in [0.1, 0.15) is 5.69 Å². The molecule has 1 aromatic carbocycles. The molecule has 5 aromatic heterocycles. The summed E-state index contributed by atoms with van der Waals surface area (Å²) >= 11 is 1.49. The number of carbonyl (C=O) groups is 1. The van der Waals surface area contributed by atoms with Gasteiger partial charge in [0.25, 0.3) is 0 Å². The zero-order valence-electron chi connectivity index (χ0n) is 21.0. The SMILES string of the molecule is CC(=O)c1ccc(-c2cncc3[nH]c(-c4n[nH]c5ccc(-c6cncc(CN7CCCC7)c6)cc45)cc23)s1. The number of benzene rings is 1. The number of carbonyl (C=O) groups excluding carboxylic acids is 1. The average molecular weight is 519 g/mol. The molecule has 8 heteroatoms. The Morgan fingerprint density at radius 2 is 1.79 bits per heavy atom. The van der Waals surface area contributed by atoms with Gasteiger partial charge in [0.15, 0.2) is 5.78 Å². The van der Waals surface area contributed by atoms with Crippen LogP contribution in [0, 0.1) is 0 Å². The molecule has 6 heterocycles. The van der Waals surface area contributed by atoms with E-state index in [1.165, 1.54) is 42.8 Å². The maximum atomic E-state index is 11.8. The minimum absolute atomic E-state index is 0.0757. The first-order valence-electron chi connectivity index (χ1n) is 12.9. The Balaban J connectivity index is 1.27. The second kappa shape index (κ2) is 9.31. The number of nitrogens with zero attached hydrogens (tertiary/aromatic N) is 4. The maximum Gasteiger partial charge on any atom is 0.169 e. The van der Waals surface area contributed by atoms with Crippen molar-refractivity contribution < 1.29 is 4.79 Å². The Labute approximate surface area is 223 Å². The number of hydrogen-bond acceptors (Lipinski definition) is 6. The Kier molecular flexibility index (Phi) is 5.64. The number of H-pyrrole nitrogens is 2. The molecule has 38 heavy (non-hydrogen) atoms. The molecule has 0 radical (unpaired) electrons. The summed E-state index contributed by atoms with van der Waals surface area (Å²) < 4.78 is 0. The van der Waals surface area contributed by atoms with Crippen LogP contribution in [0.25, 0.3) is 54.8 Å². The molecular weight excluding hydrogens is 492 g/mol. The minimum Gasteiger partial charge on any atom is -0.352 e. The lowest BCUT2D eigenvalue weighted by molar-refractivity contribution is 0.102. The van der Waals surface area contributed by atoms with Gasteiger partial charge < -0.3 is 4.98 Å². The fourth-order valence-corrected chi connectivity index (χ4v) is 6.30. The Hall–Kier alpha value is -4.14. The fraction of sp³-hybridized carbons (Fsp3) is 0.200. The normalized spacial score (nSPS) is 14.1. The highest BCUT2D eigenvalue weighted by molar-refractivity contribution is 7.17. The van der Waals surface area contributed by atoms with Crippen LogP contribution < -0.4 is 0 Å². The highest BCUT2D eigenvalue weighted by atomic mass is 32.1. The summed E-state index contributed by atoms with van der Waals surface area (Å²) in [6.07, 6.45) is 10.2. The van der Waals surface area contributed by atoms with Crippen molar-refractivity contribution in [2.75, 3.05) is 13.1 Å². The lowest BCUT2D eigenvalue weighted by atomic mass is 10.0. The molecule has 7 nitrogen and oxygen atoms in total. The Morgan fingerprint density at radius 1 is 0.921 bits per heavy atom. The van der Waals surface area contributed by atoms with E-state index < -0.39 is 0 Å². The van der Waals surface area contributed by atoms with Crippen molar-refractivity contribution in [3.8, 4) is 33.0 Å². The first kappa shape index (κ1) is 23.0. The molecule has 0 saturated carbocycles. The van der Waals surface area contributed by atoms with Gasteiger partial charge in [0, 0.05) is 51.9 Å². The van der Waals surface area contributed by atoms with Crippen LogP contribution in [0.5, 0.6) is 0 Å². The largest absolute Gasteiger partial charge is 0.352 e. The van der Waals surface area contributed by atoms with Crippen LogP contribution in [0.4, 0.5) is 0 Å². The van der Waals surface area contributed by atoms with Gasteiger partial charge in [-0.1, -0.05) is 6.07 Å². The predicted molar refractivity (Wildman–Crippen MR) is 152 cm³/mol. The van der Waals surface area contributed by atoms with E-state index in [4.69, 9.17) is 0 Å². The van der Waals surface area contributed by atoms with E-state index in [0.717, 1.165) is 66.2 Å². The van der Waals surface area contributed by atoms with Gasteiger partial charge in [-0.25, -0.2) is 0 Å². The van der Waals surface area contributed by atoms with Crippen LogP contribution in [0.1, 0.15) is 35.0 Å². The van der Waals surface area contributed by atoms with Crippen LogP contribution in [-0.2, 0) is 6.54 Å². The quantitative estimate of drug-likeness (QED) is 0.240. The zero-order chi connectivity index (χ0) is 25.6. The lowest BCUT2D eigenvalue weighted by Gasteiger charge is -2.14. The summed E-state index contributed by atoms with van der Waals surface area (Å²) in [6.45, 7) is 4.88. The van der Waals surface area contributed by atoms with Crippen molar-refractivity contribution >= 4 is 38.9 Å². The van der Waals surface area contributed by atoms with Gasteiger partial charge in [0.2, 0.25) is 0 Å². The van der Waals surface area contributed by atoms with Crippen LogP contribution >= 0.6 is 11.3 Å². The third kappa shape index (κ3) is 4.12. The fourth-order valence-electron chi connectivity index (χ4n) is 5.38. The van der Waals surface area contributed by atoms with E-state index in [-0.39, 0.29) is 5.78 Å². The molecule has 1 fully saturated rings. The molecule has 188 valence electrons. The number of nitrogens with one attached hydrogen (secondary N) is 2. The van der Waals surface area contributed by atoms with Crippen LogP contribution in [0.15, 0.2) is 67.3 Å². The van der Waals surface area contributed by atoms with Crippen molar-refractivity contribution in [2.24, 2.45) is 0 Å². The second-order valence-corrected chi connectivity index (χ2v) is 11.0. The van der Waals surface area contributed by atoms with Gasteiger partial charge in [-0.2, -0.15) is 5.10 Å². The number of fused-ring (bicyclic) bond motifs is 2. The van der Waals surface area contributed by atoms with E-state index in [2.05, 4.69) is 60.4 Å². The summed E-state index contributed by atoms with van der Waals surface area (Å²) in [5.74, 6) is 0.0757. The van der Waals surface area contributed by atoms with Crippen molar-refractivity contribution in [1.29, 1.82) is 0 Å². The molecular formula is C30H26N6OS. The van der Waals surface area contributed by atoms with E-state index in [1.54, 1.807) is 6.92 Å². The number of likely N-dealkylation sites (tertiary alicyclic amines) is 1. The van der Waals surface area contributed by atoms with Crippen molar-refractivity contribution in [1.82, 2.24) is 30.0 Å². The number of rotatable bonds is 6. The van der Waals surface area contributed by atoms with Gasteiger partial charge in [-0.3, -0.25) is 24.8 Å². The topological polar surface area (TPSA) is 90.6 Å². The minimum atomic E-state index is 0.0757. The number of thiophene rings is 1. The first-order valence-corrected chi connectivity index (χ1v) is 13.7. The van der Waals surface area contributed by atoms with Gasteiger partial charge in [-0.15, -0.1) is 11.3 Å². The molecule has 7 rings (SSSR count). The molecule has 0 bridgehead atoms. The number of ketones is 1. The highest BCUT2D eigenvalue weighted by Gasteiger charge is 2.17. The molecule has 1 aliphatic heterocycles. The van der Waals surface area contributed by atoms with E-state index >= 15 is 0 Å². The van der Waals surface area contributed by atoms with Crippen LogP contribution in [0.3, 0.4) is 0 Å². The monoisotopic (exact) mass is 518 g/mol. The third-order valence-electron chi connectivity index (χ3n) is 7.32. The molecule has 0 unspecified atom stereocenters. The molecule has 2 N–H and O–H groups in total. The van der Waals surface area contributed by atoms with Gasteiger partial charge in [0.05, 0.1) is 27.8 Å². The van der Waals surface area contributed by atoms with Gasteiger partial charge in [-0.05, 0) is 80.4 Å². The molecule has 0 spiro atoms. The number of hydrogen-bond donors (Lipinski definition) is 2. The van der Waals surface area contributed by atoms with Crippen LogP contribution in [0.2, 0.25) is 0 Å². The Bertz CT molecular complexity index is 1810. The van der Waals surface area contributed by atoms with E-state index in [0.29, 0.717) is 0 Å². The smallest absolute Gasteiger partial charge is 0.169 e. The molecule has 0 amide bonds. The van der Waals surface area contributed by atoms with Crippen molar-refractivity contribution in [2.45, 2.75) is 26.3 Å². The first-order chi connectivity index (χ1) is 18.6. The molecule has 0 atom stereocenters. The number of aromatic amines is 2. The second-order valence-electron chi connectivity index (χ2n) is 9.95. The highest BCUT2D eigenvalue weighted by Crippen LogP contribution is 2.37. The number of pyridine rings is 2. The summed E-state index contributed by atoms with van der Waals surface area (Å²) in [5.41, 5.74) is 8.16. The summed E-state index contributed by atoms with van der Waals surface area (Å²) in [7, 11) is 0. The van der Waals surface area contributed by atoms with Gasteiger partial charge >= 0.3 is 0 Å². The van der Waals surface area contributed by atoms with Crippen LogP contribution in [-0.4, -0.2) is 48.9 Å². The van der Waals surface area contributed by atoms with Crippen molar-refractivity contribution in [3.63, 3.8) is 0 Å². The summed E-state index contributed by atoms with van der Waals surface area (Å²) in [5, 5.41) is 9.96. The predicted octanol–water partition coefficient (Wildman–Crippen LogP) is 6.70. The molecule has 6 aromatic rings. The standard InChI is InChI=1S/C30H26N6OS/c1-18(37)28-6-7-29(38-28)24-15-32-16-27-22(24)12-26(33-27)30-23-11-20(4-5-25(23)34-35-30)21-10-19(13-31-14-21)17-36-8-2-3-9-36/h4-7,10-16,33H,2-3,8-9,17H2,1H3,(H,34,35). The lowest BCUT2D eigenvalue weighted by Crippen LogP contribution is -2.18. The molecule has 1 aliphatic rings. The molecule has 0 aliphatic carbocycles. The summed E-state index contributed by atoms with van der Waals surface area (Å²) in [4.78, 5) is 28.6. The van der Waals surface area contributed by atoms with Crippen molar-refractivity contribution in [3.05, 3.63) is 77.7 Å². The Morgan fingerprint density at radius 3 is 2.63 bits per heavy atom. The zero-order valence-corrected chi connectivity index (χ0v) is 21.8. The van der Waals surface area contributed by atoms with E-state index in [9.17, 15) is 4.79 Å². The number of aromatic nitrogens is 5. The maximum absolute atomic E-state index is 11.8. The summed E-state index contributed by atoms with van der Waals surface area (Å²) in [6, 6.07) is 14.6. The molecule has 1 saturated heterocycles. The average Bonchev–Trinajstić information content (AvgIpc) is 3.74. The number of Topliss-reactive ketones (excluding diaryl/α,β-unsaturated/α-hetero) is 1. The third-order valence-corrected chi connectivity index (χ3v) is 8.53.